The number of ether oxygens (including phenoxy) is 1. The Balaban J connectivity index is 1.89. The van der Waals surface area contributed by atoms with E-state index in [0.29, 0.717) is 22.9 Å². The van der Waals surface area contributed by atoms with Crippen LogP contribution in [0.3, 0.4) is 0 Å². The highest BCUT2D eigenvalue weighted by atomic mass is 35.5. The first-order valence-electron chi connectivity index (χ1n) is 7.35. The largest absolute Gasteiger partial charge is 0.454 e. The zero-order valence-corrected chi connectivity index (χ0v) is 15.6. The van der Waals surface area contributed by atoms with Gasteiger partial charge < -0.3 is 10.1 Å². The van der Waals surface area contributed by atoms with Crippen molar-refractivity contribution in [3.63, 3.8) is 0 Å². The first-order valence-corrected chi connectivity index (χ1v) is 8.92. The van der Waals surface area contributed by atoms with Gasteiger partial charge in [-0.15, -0.1) is 11.3 Å². The molecule has 1 aromatic heterocycles. The minimum atomic E-state index is -0.705. The molecule has 0 saturated carbocycles. The molecule has 0 aliphatic heterocycles. The molecule has 2 aromatic rings. The number of ketones is 1. The van der Waals surface area contributed by atoms with Crippen LogP contribution in [0.2, 0.25) is 10.0 Å². The van der Waals surface area contributed by atoms with Gasteiger partial charge in [0.1, 0.15) is 0 Å². The fourth-order valence-corrected chi connectivity index (χ4v) is 3.26. The van der Waals surface area contributed by atoms with Crippen molar-refractivity contribution in [2.75, 3.05) is 13.2 Å². The maximum atomic E-state index is 12.1. The van der Waals surface area contributed by atoms with E-state index in [-0.39, 0.29) is 28.9 Å². The number of carbonyl (C=O) groups excluding carboxylic acids is 3. The highest BCUT2D eigenvalue weighted by Gasteiger charge is 2.16. The first-order chi connectivity index (χ1) is 11.9. The van der Waals surface area contributed by atoms with E-state index in [0.717, 1.165) is 4.88 Å². The van der Waals surface area contributed by atoms with Crippen molar-refractivity contribution in [3.05, 3.63) is 55.7 Å². The highest BCUT2D eigenvalue weighted by molar-refractivity contribution is 7.14. The molecule has 0 spiro atoms. The van der Waals surface area contributed by atoms with Gasteiger partial charge in [-0.1, -0.05) is 23.2 Å². The molecule has 1 amide bonds. The van der Waals surface area contributed by atoms with Crippen molar-refractivity contribution < 1.29 is 19.1 Å². The Hall–Kier alpha value is -1.89. The Kier molecular flexibility index (Phi) is 6.99. The van der Waals surface area contributed by atoms with Crippen molar-refractivity contribution in [3.8, 4) is 0 Å². The monoisotopic (exact) mass is 399 g/mol. The molecule has 5 nitrogen and oxygen atoms in total. The summed E-state index contributed by atoms with van der Waals surface area (Å²) in [6.07, 6.45) is 0.634. The fourth-order valence-electron chi connectivity index (χ4n) is 1.96. The lowest BCUT2D eigenvalue weighted by Crippen LogP contribution is -2.22. The van der Waals surface area contributed by atoms with Crippen molar-refractivity contribution in [1.29, 1.82) is 0 Å². The Morgan fingerprint density at radius 3 is 2.64 bits per heavy atom. The summed E-state index contributed by atoms with van der Waals surface area (Å²) in [5.41, 5.74) is 0.115. The average molecular weight is 400 g/mol. The van der Waals surface area contributed by atoms with Crippen molar-refractivity contribution in [2.45, 2.75) is 13.3 Å². The second-order valence-electron chi connectivity index (χ2n) is 5.12. The van der Waals surface area contributed by atoms with Crippen molar-refractivity contribution >= 4 is 52.2 Å². The molecule has 0 aliphatic carbocycles. The number of benzene rings is 1. The lowest BCUT2D eigenvalue weighted by atomic mass is 10.2. The van der Waals surface area contributed by atoms with E-state index < -0.39 is 5.97 Å². The molecule has 0 unspecified atom stereocenters. The quantitative estimate of drug-likeness (QED) is 0.567. The van der Waals surface area contributed by atoms with Crippen LogP contribution in [0.1, 0.15) is 31.8 Å². The summed E-state index contributed by atoms with van der Waals surface area (Å²) >= 11 is 13.1. The number of hydrogen-bond donors (Lipinski definition) is 1. The molecular weight excluding hydrogens is 385 g/mol. The summed E-state index contributed by atoms with van der Waals surface area (Å²) in [5, 5.41) is 3.25. The number of Topliss-reactive ketones (excluding diaryl/α,β-unsaturated/α-hetero) is 1. The van der Waals surface area contributed by atoms with Crippen LogP contribution in [0, 0.1) is 0 Å². The van der Waals surface area contributed by atoms with Gasteiger partial charge in [0.05, 0.1) is 15.5 Å². The second kappa shape index (κ2) is 8.99. The number of rotatable bonds is 7. The molecule has 1 aromatic carbocycles. The molecule has 0 fully saturated rings. The minimum Gasteiger partial charge on any atom is -0.454 e. The number of nitrogens with one attached hydrogen (secondary N) is 1. The van der Waals surface area contributed by atoms with Crippen LogP contribution in [0.5, 0.6) is 0 Å². The minimum absolute atomic E-state index is 0.0977. The van der Waals surface area contributed by atoms with Gasteiger partial charge in [0.25, 0.3) is 0 Å². The van der Waals surface area contributed by atoms with Gasteiger partial charge in [0.2, 0.25) is 11.7 Å². The molecule has 8 heteroatoms. The van der Waals surface area contributed by atoms with Crippen LogP contribution in [-0.2, 0) is 16.0 Å². The van der Waals surface area contributed by atoms with Crippen LogP contribution >= 0.6 is 34.5 Å². The summed E-state index contributed by atoms with van der Waals surface area (Å²) in [6.45, 7) is 1.57. The predicted octanol–water partition coefficient (Wildman–Crippen LogP) is 3.77. The third-order valence-corrected chi connectivity index (χ3v) is 4.92. The number of hydrogen-bond acceptors (Lipinski definition) is 5. The van der Waals surface area contributed by atoms with Gasteiger partial charge in [-0.25, -0.2) is 4.79 Å². The molecule has 0 aliphatic rings. The van der Waals surface area contributed by atoms with E-state index in [1.54, 1.807) is 12.1 Å². The van der Waals surface area contributed by atoms with Gasteiger partial charge in [0.15, 0.2) is 6.61 Å². The van der Waals surface area contributed by atoms with Crippen molar-refractivity contribution in [2.24, 2.45) is 0 Å². The van der Waals surface area contributed by atoms with Gasteiger partial charge in [-0.2, -0.15) is 0 Å². The third kappa shape index (κ3) is 5.85. The number of carbonyl (C=O) groups is 3. The van der Waals surface area contributed by atoms with E-state index in [1.807, 2.05) is 6.07 Å². The summed E-state index contributed by atoms with van der Waals surface area (Å²) in [7, 11) is 0. The smallest absolute Gasteiger partial charge is 0.340 e. The molecule has 0 bridgehead atoms. The first kappa shape index (κ1) is 19.4. The van der Waals surface area contributed by atoms with Gasteiger partial charge >= 0.3 is 5.97 Å². The van der Waals surface area contributed by atoms with Crippen LogP contribution < -0.4 is 5.32 Å². The molecule has 0 saturated heterocycles. The molecule has 25 heavy (non-hydrogen) atoms. The maximum Gasteiger partial charge on any atom is 0.340 e. The summed E-state index contributed by atoms with van der Waals surface area (Å²) < 4.78 is 5.02. The number of esters is 1. The predicted molar refractivity (Wildman–Crippen MR) is 97.8 cm³/mol. The van der Waals surface area contributed by atoms with Gasteiger partial charge in [-0.3, -0.25) is 9.59 Å². The third-order valence-electron chi connectivity index (χ3n) is 3.16. The zero-order valence-electron chi connectivity index (χ0n) is 13.3. The van der Waals surface area contributed by atoms with Crippen LogP contribution in [0.25, 0.3) is 0 Å². The molecule has 0 radical (unpaired) electrons. The molecule has 1 heterocycles. The van der Waals surface area contributed by atoms with Crippen LogP contribution in [0.15, 0.2) is 30.3 Å². The van der Waals surface area contributed by atoms with Gasteiger partial charge in [-0.05, 0) is 36.8 Å². The molecular formula is C17H15Cl2NO4S. The summed E-state index contributed by atoms with van der Waals surface area (Å²) in [5.74, 6) is -1.11. The standard InChI is InChI=1S/C17H15Cl2NO4S/c1-10(21)20-7-6-12-3-5-16(25-12)15(22)9-24-17(23)13-8-11(18)2-4-14(13)19/h2-5,8H,6-7,9H2,1H3,(H,20,21). The van der Waals surface area contributed by atoms with E-state index >= 15 is 0 Å². The van der Waals surface area contributed by atoms with Crippen molar-refractivity contribution in [1.82, 2.24) is 5.32 Å². The lowest BCUT2D eigenvalue weighted by molar-refractivity contribution is -0.118. The molecule has 0 atom stereocenters. The van der Waals surface area contributed by atoms with Crippen LogP contribution in [0.4, 0.5) is 0 Å². The summed E-state index contributed by atoms with van der Waals surface area (Å²) in [6, 6.07) is 7.93. The van der Waals surface area contributed by atoms with Crippen LogP contribution in [-0.4, -0.2) is 30.8 Å². The van der Waals surface area contributed by atoms with E-state index in [4.69, 9.17) is 27.9 Å². The van der Waals surface area contributed by atoms with E-state index in [2.05, 4.69) is 5.32 Å². The summed E-state index contributed by atoms with van der Waals surface area (Å²) in [4.78, 5) is 36.4. The molecule has 2 rings (SSSR count). The van der Waals surface area contributed by atoms with Gasteiger partial charge in [0, 0.05) is 23.4 Å². The lowest BCUT2D eigenvalue weighted by Gasteiger charge is -2.05. The SMILES string of the molecule is CC(=O)NCCc1ccc(C(=O)COC(=O)c2cc(Cl)ccc2Cl)s1. The number of thiophene rings is 1. The highest BCUT2D eigenvalue weighted by Crippen LogP contribution is 2.22. The molecule has 1 N–H and O–H groups in total. The van der Waals surface area contributed by atoms with E-state index in [1.165, 1.54) is 30.4 Å². The Bertz CT molecular complexity index is 804. The Morgan fingerprint density at radius 1 is 1.16 bits per heavy atom. The number of halogens is 2. The average Bonchev–Trinajstić information content (AvgIpc) is 3.03. The maximum absolute atomic E-state index is 12.1. The Labute approximate surface area is 158 Å². The normalized spacial score (nSPS) is 10.4. The number of amides is 1. The fraction of sp³-hybridized carbons (Fsp3) is 0.235. The topological polar surface area (TPSA) is 72.5 Å². The van der Waals surface area contributed by atoms with E-state index in [9.17, 15) is 14.4 Å². The molecule has 132 valence electrons. The second-order valence-corrected chi connectivity index (χ2v) is 7.13. The zero-order chi connectivity index (χ0) is 18.4. The Morgan fingerprint density at radius 2 is 1.92 bits per heavy atom.